The number of benzene rings is 1. The van der Waals surface area contributed by atoms with E-state index in [2.05, 4.69) is 26.2 Å². The largest absolute Gasteiger partial charge is 0.550 e. The number of aliphatic carboxylic acids is 1. The van der Waals surface area contributed by atoms with Gasteiger partial charge < -0.3 is 15.2 Å². The summed E-state index contributed by atoms with van der Waals surface area (Å²) in [5, 5.41) is 15.5. The van der Waals surface area contributed by atoms with Crippen LogP contribution in [0.3, 0.4) is 0 Å². The highest BCUT2D eigenvalue weighted by atomic mass is 79.9. The summed E-state index contributed by atoms with van der Waals surface area (Å²) in [4.78, 5) is 26.8. The molecule has 1 N–H and O–H groups in total. The summed E-state index contributed by atoms with van der Waals surface area (Å²) in [6.45, 7) is 1.73. The van der Waals surface area contributed by atoms with Crippen molar-refractivity contribution in [1.29, 1.82) is 0 Å². The van der Waals surface area contributed by atoms with Crippen LogP contribution >= 0.6 is 27.3 Å². The van der Waals surface area contributed by atoms with Gasteiger partial charge in [-0.05, 0) is 31.2 Å². The van der Waals surface area contributed by atoms with Crippen LogP contribution in [0.15, 0.2) is 34.1 Å². The molecule has 0 spiro atoms. The molecule has 0 aliphatic heterocycles. The number of rotatable bonds is 5. The molecule has 1 aromatic heterocycles. The molecule has 2 aromatic rings. The van der Waals surface area contributed by atoms with Crippen molar-refractivity contribution in [1.82, 2.24) is 4.98 Å². The van der Waals surface area contributed by atoms with E-state index < -0.39 is 11.9 Å². The molecule has 1 atom stereocenters. The number of carboxylic acids is 1. The number of carboxylic acid groups (broad SMARTS) is 1. The number of nitrogens with one attached hydrogen (secondary N) is 1. The van der Waals surface area contributed by atoms with Gasteiger partial charge in [-0.15, -0.1) is 11.3 Å². The molecule has 0 aliphatic rings. The van der Waals surface area contributed by atoms with Crippen LogP contribution in [-0.2, 0) is 16.0 Å². The Balaban J connectivity index is 2.03. The molecule has 5 nitrogen and oxygen atoms in total. The second kappa shape index (κ2) is 6.82. The van der Waals surface area contributed by atoms with Crippen LogP contribution in [0.25, 0.3) is 0 Å². The van der Waals surface area contributed by atoms with Gasteiger partial charge in [-0.3, -0.25) is 4.79 Å². The van der Waals surface area contributed by atoms with Gasteiger partial charge in [0.2, 0.25) is 5.91 Å². The first-order valence-electron chi connectivity index (χ1n) is 6.16. The fraction of sp³-hybridized carbons (Fsp3) is 0.214. The minimum Gasteiger partial charge on any atom is -0.550 e. The minimum atomic E-state index is -1.18. The van der Waals surface area contributed by atoms with E-state index in [1.54, 1.807) is 24.4 Å². The van der Waals surface area contributed by atoms with E-state index in [-0.39, 0.29) is 12.3 Å². The monoisotopic (exact) mass is 367 g/mol. The van der Waals surface area contributed by atoms with Crippen LogP contribution in [-0.4, -0.2) is 16.9 Å². The van der Waals surface area contributed by atoms with E-state index in [4.69, 9.17) is 0 Å². The number of hydrogen-bond acceptors (Lipinski definition) is 5. The SMILES string of the molecule is C[C@@H](C(=O)Nc1ccc(Br)cc1)c1nc(CC(=O)[O-])cs1. The van der Waals surface area contributed by atoms with Crippen LogP contribution in [0.2, 0.25) is 0 Å². The van der Waals surface area contributed by atoms with E-state index >= 15 is 0 Å². The van der Waals surface area contributed by atoms with Crippen molar-refractivity contribution in [2.45, 2.75) is 19.3 Å². The van der Waals surface area contributed by atoms with Gasteiger partial charge >= 0.3 is 0 Å². The molecule has 0 unspecified atom stereocenters. The second-order valence-corrected chi connectivity index (χ2v) is 6.25. The molecule has 0 bridgehead atoms. The van der Waals surface area contributed by atoms with Gasteiger partial charge in [0.05, 0.1) is 11.6 Å². The first kappa shape index (κ1) is 15.7. The Morgan fingerprint density at radius 3 is 2.67 bits per heavy atom. The Hall–Kier alpha value is -1.73. The van der Waals surface area contributed by atoms with E-state index in [0.29, 0.717) is 16.4 Å². The number of halogens is 1. The topological polar surface area (TPSA) is 82.1 Å². The molecule has 1 aromatic carbocycles. The highest BCUT2D eigenvalue weighted by Gasteiger charge is 2.19. The number of anilines is 1. The van der Waals surface area contributed by atoms with Crippen molar-refractivity contribution in [3.8, 4) is 0 Å². The Bertz CT molecular complexity index is 654. The summed E-state index contributed by atoms with van der Waals surface area (Å²) in [7, 11) is 0. The number of aromatic nitrogens is 1. The molecule has 7 heteroatoms. The van der Waals surface area contributed by atoms with Crippen LogP contribution in [0.5, 0.6) is 0 Å². The van der Waals surface area contributed by atoms with Crippen LogP contribution in [0.4, 0.5) is 5.69 Å². The Kier molecular flexibility index (Phi) is 5.08. The first-order valence-corrected chi connectivity index (χ1v) is 7.83. The van der Waals surface area contributed by atoms with Crippen LogP contribution in [0.1, 0.15) is 23.5 Å². The first-order chi connectivity index (χ1) is 9.95. The lowest BCUT2D eigenvalue weighted by Crippen LogP contribution is -2.24. The third-order valence-electron chi connectivity index (χ3n) is 2.77. The maximum absolute atomic E-state index is 12.1. The average molecular weight is 368 g/mol. The van der Waals surface area contributed by atoms with Gasteiger partial charge in [-0.25, -0.2) is 4.98 Å². The molecule has 2 rings (SSSR count). The molecule has 1 amide bonds. The molecule has 0 fully saturated rings. The van der Waals surface area contributed by atoms with E-state index in [1.807, 2.05) is 12.1 Å². The predicted octanol–water partition coefficient (Wildman–Crippen LogP) is 1.94. The van der Waals surface area contributed by atoms with Gasteiger partial charge in [0.1, 0.15) is 5.01 Å². The van der Waals surface area contributed by atoms with Crippen molar-refractivity contribution in [3.63, 3.8) is 0 Å². The molecule has 1 heterocycles. The molecular formula is C14H12BrN2O3S-. The van der Waals surface area contributed by atoms with Crippen LogP contribution < -0.4 is 10.4 Å². The van der Waals surface area contributed by atoms with Crippen molar-refractivity contribution in [2.75, 3.05) is 5.32 Å². The molecule has 0 saturated heterocycles. The summed E-state index contributed by atoms with van der Waals surface area (Å²) in [6.07, 6.45) is -0.239. The summed E-state index contributed by atoms with van der Waals surface area (Å²) in [5.74, 6) is -1.82. The highest BCUT2D eigenvalue weighted by molar-refractivity contribution is 9.10. The summed E-state index contributed by atoms with van der Waals surface area (Å²) in [6, 6.07) is 7.25. The summed E-state index contributed by atoms with van der Waals surface area (Å²) >= 11 is 4.60. The number of carbonyl (C=O) groups is 2. The zero-order chi connectivity index (χ0) is 15.4. The molecule has 0 aliphatic carbocycles. The lowest BCUT2D eigenvalue weighted by Gasteiger charge is -2.10. The average Bonchev–Trinajstić information content (AvgIpc) is 2.88. The summed E-state index contributed by atoms with van der Waals surface area (Å²) < 4.78 is 0.931. The smallest absolute Gasteiger partial charge is 0.234 e. The quantitative estimate of drug-likeness (QED) is 0.875. The molecule has 0 saturated carbocycles. The second-order valence-electron chi connectivity index (χ2n) is 4.44. The zero-order valence-corrected chi connectivity index (χ0v) is 13.5. The number of carbonyl (C=O) groups excluding carboxylic acids is 2. The summed E-state index contributed by atoms with van der Waals surface area (Å²) in [5.41, 5.74) is 1.11. The van der Waals surface area contributed by atoms with Crippen molar-refractivity contribution >= 4 is 44.8 Å². The third kappa shape index (κ3) is 4.37. The van der Waals surface area contributed by atoms with E-state index in [9.17, 15) is 14.7 Å². The Labute approximate surface area is 134 Å². The molecule has 110 valence electrons. The van der Waals surface area contributed by atoms with Gasteiger partial charge in [0.15, 0.2) is 0 Å². The highest BCUT2D eigenvalue weighted by Crippen LogP contribution is 2.22. The number of thiazole rings is 1. The van der Waals surface area contributed by atoms with Crippen LogP contribution in [0, 0.1) is 0 Å². The van der Waals surface area contributed by atoms with Crippen molar-refractivity contribution in [3.05, 3.63) is 44.8 Å². The number of amides is 1. The minimum absolute atomic E-state index is 0.188. The van der Waals surface area contributed by atoms with Gasteiger partial charge in [-0.1, -0.05) is 15.9 Å². The number of nitrogens with zero attached hydrogens (tertiary/aromatic N) is 1. The normalized spacial score (nSPS) is 11.9. The molecule has 21 heavy (non-hydrogen) atoms. The fourth-order valence-electron chi connectivity index (χ4n) is 1.65. The van der Waals surface area contributed by atoms with E-state index in [0.717, 1.165) is 4.47 Å². The lowest BCUT2D eigenvalue weighted by atomic mass is 10.1. The molecule has 0 radical (unpaired) electrons. The maximum atomic E-state index is 12.1. The fourth-order valence-corrected chi connectivity index (χ4v) is 2.78. The van der Waals surface area contributed by atoms with E-state index in [1.165, 1.54) is 11.3 Å². The Morgan fingerprint density at radius 1 is 1.38 bits per heavy atom. The zero-order valence-electron chi connectivity index (χ0n) is 11.1. The standard InChI is InChI=1S/C14H13BrN2O3S/c1-8(14-17-11(7-21-14)6-12(18)19)13(20)16-10-4-2-9(15)3-5-10/h2-5,7-8H,6H2,1H3,(H,16,20)(H,18,19)/p-1/t8-/m0/s1. The van der Waals surface area contributed by atoms with Crippen molar-refractivity contribution < 1.29 is 14.7 Å². The number of hydrogen-bond donors (Lipinski definition) is 1. The van der Waals surface area contributed by atoms with Gasteiger partial charge in [-0.2, -0.15) is 0 Å². The molecular weight excluding hydrogens is 356 g/mol. The third-order valence-corrected chi connectivity index (χ3v) is 4.38. The maximum Gasteiger partial charge on any atom is 0.234 e. The van der Waals surface area contributed by atoms with Gasteiger partial charge in [0, 0.05) is 27.9 Å². The lowest BCUT2D eigenvalue weighted by molar-refractivity contribution is -0.304. The Morgan fingerprint density at radius 2 is 2.05 bits per heavy atom. The van der Waals surface area contributed by atoms with Gasteiger partial charge in [0.25, 0.3) is 0 Å². The van der Waals surface area contributed by atoms with Crippen molar-refractivity contribution in [2.24, 2.45) is 0 Å². The predicted molar refractivity (Wildman–Crippen MR) is 82.0 cm³/mol.